The summed E-state index contributed by atoms with van der Waals surface area (Å²) in [6.45, 7) is 0.935. The molecular formula is C11H15N7O3. The molecule has 0 spiro atoms. The Balaban J connectivity index is 1.66. The van der Waals surface area contributed by atoms with Crippen LogP contribution in [0.3, 0.4) is 0 Å². The molecule has 2 amide bonds. The fourth-order valence-electron chi connectivity index (χ4n) is 1.59. The van der Waals surface area contributed by atoms with E-state index in [9.17, 15) is 9.59 Å². The van der Waals surface area contributed by atoms with Crippen LogP contribution in [-0.4, -0.2) is 48.4 Å². The number of rotatable bonds is 7. The molecule has 0 fully saturated rings. The fourth-order valence-corrected chi connectivity index (χ4v) is 1.59. The molecule has 2 rings (SSSR count). The average Bonchev–Trinajstić information content (AvgIpc) is 3.07. The zero-order chi connectivity index (χ0) is 15.1. The number of aromatic nitrogens is 5. The molecule has 2 aromatic heterocycles. The van der Waals surface area contributed by atoms with Crippen molar-refractivity contribution in [2.24, 2.45) is 0 Å². The van der Waals surface area contributed by atoms with E-state index in [2.05, 4.69) is 26.0 Å². The highest BCUT2D eigenvalue weighted by Crippen LogP contribution is 1.92. The average molecular weight is 293 g/mol. The van der Waals surface area contributed by atoms with Crippen LogP contribution in [-0.2, 0) is 24.4 Å². The third kappa shape index (κ3) is 4.93. The molecule has 0 aliphatic rings. The SMILES string of the molecule is O=C(O)Cn1cc(CNC(=O)NCCn2cccn2)nn1. The number of carbonyl (C=O) groups excluding carboxylic acids is 1. The van der Waals surface area contributed by atoms with Gasteiger partial charge >= 0.3 is 12.0 Å². The van der Waals surface area contributed by atoms with Crippen LogP contribution < -0.4 is 10.6 Å². The second-order valence-electron chi connectivity index (χ2n) is 4.18. The summed E-state index contributed by atoms with van der Waals surface area (Å²) < 4.78 is 2.90. The largest absolute Gasteiger partial charge is 0.480 e. The first-order chi connectivity index (χ1) is 10.1. The van der Waals surface area contributed by atoms with Crippen LogP contribution in [0, 0.1) is 0 Å². The molecule has 0 aromatic carbocycles. The van der Waals surface area contributed by atoms with E-state index in [1.807, 2.05) is 0 Å². The summed E-state index contributed by atoms with van der Waals surface area (Å²) in [5, 5.41) is 25.3. The fraction of sp³-hybridized carbons (Fsp3) is 0.364. The van der Waals surface area contributed by atoms with Crippen molar-refractivity contribution in [1.29, 1.82) is 0 Å². The third-order valence-corrected chi connectivity index (χ3v) is 2.50. The number of aliphatic carboxylic acids is 1. The van der Waals surface area contributed by atoms with Crippen molar-refractivity contribution in [1.82, 2.24) is 35.4 Å². The van der Waals surface area contributed by atoms with Crippen molar-refractivity contribution < 1.29 is 14.7 Å². The van der Waals surface area contributed by atoms with Gasteiger partial charge in [-0.05, 0) is 6.07 Å². The molecule has 2 aromatic rings. The van der Waals surface area contributed by atoms with Crippen LogP contribution in [0.5, 0.6) is 0 Å². The van der Waals surface area contributed by atoms with Gasteiger partial charge in [-0.3, -0.25) is 9.48 Å². The molecule has 2 heterocycles. The highest BCUT2D eigenvalue weighted by Gasteiger charge is 2.06. The van der Waals surface area contributed by atoms with E-state index in [1.165, 1.54) is 10.9 Å². The van der Waals surface area contributed by atoms with Crippen LogP contribution in [0.25, 0.3) is 0 Å². The maximum Gasteiger partial charge on any atom is 0.325 e. The van der Waals surface area contributed by atoms with Crippen molar-refractivity contribution >= 4 is 12.0 Å². The Morgan fingerprint density at radius 3 is 2.86 bits per heavy atom. The number of urea groups is 1. The van der Waals surface area contributed by atoms with E-state index in [0.29, 0.717) is 18.8 Å². The van der Waals surface area contributed by atoms with E-state index in [1.54, 1.807) is 23.1 Å². The molecule has 3 N–H and O–H groups in total. The molecule has 0 unspecified atom stereocenters. The monoisotopic (exact) mass is 293 g/mol. The van der Waals surface area contributed by atoms with Gasteiger partial charge in [-0.2, -0.15) is 5.10 Å². The van der Waals surface area contributed by atoms with Crippen LogP contribution in [0.1, 0.15) is 5.69 Å². The third-order valence-electron chi connectivity index (χ3n) is 2.50. The van der Waals surface area contributed by atoms with Crippen molar-refractivity contribution in [3.05, 3.63) is 30.4 Å². The van der Waals surface area contributed by atoms with Gasteiger partial charge in [0.05, 0.1) is 19.3 Å². The molecule has 0 aliphatic carbocycles. The number of nitrogens with zero attached hydrogens (tertiary/aromatic N) is 5. The van der Waals surface area contributed by atoms with Gasteiger partial charge in [-0.1, -0.05) is 5.21 Å². The lowest BCUT2D eigenvalue weighted by Gasteiger charge is -2.06. The summed E-state index contributed by atoms with van der Waals surface area (Å²) >= 11 is 0. The Labute approximate surface area is 119 Å². The molecule has 0 bridgehead atoms. The molecule has 10 nitrogen and oxygen atoms in total. The lowest BCUT2D eigenvalue weighted by Crippen LogP contribution is -2.36. The van der Waals surface area contributed by atoms with Gasteiger partial charge in [0.25, 0.3) is 0 Å². The first-order valence-electron chi connectivity index (χ1n) is 6.23. The second-order valence-corrected chi connectivity index (χ2v) is 4.18. The predicted octanol–water partition coefficient (Wildman–Crippen LogP) is -0.941. The van der Waals surface area contributed by atoms with Crippen molar-refractivity contribution in [3.8, 4) is 0 Å². The summed E-state index contributed by atoms with van der Waals surface area (Å²) in [4.78, 5) is 22.0. The van der Waals surface area contributed by atoms with Crippen molar-refractivity contribution in [2.45, 2.75) is 19.6 Å². The summed E-state index contributed by atoms with van der Waals surface area (Å²) in [7, 11) is 0. The van der Waals surface area contributed by atoms with Gasteiger partial charge < -0.3 is 15.7 Å². The molecule has 0 saturated heterocycles. The maximum absolute atomic E-state index is 11.5. The van der Waals surface area contributed by atoms with E-state index < -0.39 is 5.97 Å². The Hall–Kier alpha value is -2.91. The van der Waals surface area contributed by atoms with Crippen LogP contribution in [0.2, 0.25) is 0 Å². The number of hydrogen-bond donors (Lipinski definition) is 3. The first-order valence-corrected chi connectivity index (χ1v) is 6.23. The van der Waals surface area contributed by atoms with Gasteiger partial charge in [0.15, 0.2) is 0 Å². The van der Waals surface area contributed by atoms with Gasteiger partial charge in [-0.15, -0.1) is 5.10 Å². The smallest absolute Gasteiger partial charge is 0.325 e. The highest BCUT2D eigenvalue weighted by atomic mass is 16.4. The second kappa shape index (κ2) is 7.03. The van der Waals surface area contributed by atoms with Gasteiger partial charge in [-0.25, -0.2) is 9.48 Å². The lowest BCUT2D eigenvalue weighted by molar-refractivity contribution is -0.137. The zero-order valence-electron chi connectivity index (χ0n) is 11.1. The van der Waals surface area contributed by atoms with E-state index >= 15 is 0 Å². The Morgan fingerprint density at radius 1 is 1.29 bits per heavy atom. The minimum absolute atomic E-state index is 0.174. The van der Waals surface area contributed by atoms with E-state index in [4.69, 9.17) is 5.11 Å². The highest BCUT2D eigenvalue weighted by molar-refractivity contribution is 5.73. The Bertz CT molecular complexity index is 593. The standard InChI is InChI=1S/C11H15N7O3/c19-10(20)8-18-7-9(15-16-18)6-13-11(21)12-3-5-17-4-1-2-14-17/h1-2,4,7H,3,5-6,8H2,(H,19,20)(H2,12,13,21). The topological polar surface area (TPSA) is 127 Å². The molecule has 10 heteroatoms. The van der Waals surface area contributed by atoms with Crippen molar-refractivity contribution in [2.75, 3.05) is 6.54 Å². The predicted molar refractivity (Wildman–Crippen MR) is 70.1 cm³/mol. The van der Waals surface area contributed by atoms with E-state index in [0.717, 1.165) is 0 Å². The summed E-state index contributed by atoms with van der Waals surface area (Å²) in [5.74, 6) is -1.00. The molecule has 0 saturated carbocycles. The molecule has 21 heavy (non-hydrogen) atoms. The normalized spacial score (nSPS) is 10.3. The first kappa shape index (κ1) is 14.5. The molecule has 112 valence electrons. The number of nitrogens with one attached hydrogen (secondary N) is 2. The minimum Gasteiger partial charge on any atom is -0.480 e. The summed E-state index contributed by atoms with van der Waals surface area (Å²) in [5.41, 5.74) is 0.485. The zero-order valence-corrected chi connectivity index (χ0v) is 11.1. The van der Waals surface area contributed by atoms with Crippen LogP contribution >= 0.6 is 0 Å². The molecule has 0 aliphatic heterocycles. The number of carboxylic acids is 1. The maximum atomic E-state index is 11.5. The van der Waals surface area contributed by atoms with Crippen LogP contribution in [0.4, 0.5) is 4.79 Å². The van der Waals surface area contributed by atoms with Crippen LogP contribution in [0.15, 0.2) is 24.7 Å². The molecule has 0 radical (unpaired) electrons. The minimum atomic E-state index is -1.00. The van der Waals surface area contributed by atoms with E-state index in [-0.39, 0.29) is 19.1 Å². The number of hydrogen-bond acceptors (Lipinski definition) is 5. The molecular weight excluding hydrogens is 278 g/mol. The van der Waals surface area contributed by atoms with Gasteiger partial charge in [0.1, 0.15) is 12.2 Å². The summed E-state index contributed by atoms with van der Waals surface area (Å²) in [6, 6.07) is 1.47. The lowest BCUT2D eigenvalue weighted by atomic mass is 10.4. The Kier molecular flexibility index (Phi) is 4.85. The van der Waals surface area contributed by atoms with Gasteiger partial charge in [0.2, 0.25) is 0 Å². The number of amides is 2. The quantitative estimate of drug-likeness (QED) is 0.604. The van der Waals surface area contributed by atoms with Gasteiger partial charge in [0, 0.05) is 18.9 Å². The Morgan fingerprint density at radius 2 is 2.14 bits per heavy atom. The molecule has 0 atom stereocenters. The summed E-state index contributed by atoms with van der Waals surface area (Å²) in [6.07, 6.45) is 4.94. The number of carbonyl (C=O) groups is 2. The van der Waals surface area contributed by atoms with Crippen molar-refractivity contribution in [3.63, 3.8) is 0 Å². The number of carboxylic acid groups (broad SMARTS) is 1.